The molecule has 0 saturated heterocycles. The molecule has 0 unspecified atom stereocenters. The number of hydrogen-bond donors (Lipinski definition) is 0. The Bertz CT molecular complexity index is 975. The van der Waals surface area contributed by atoms with Gasteiger partial charge in [-0.2, -0.15) is 0 Å². The van der Waals surface area contributed by atoms with Crippen LogP contribution in [0.15, 0.2) is 48.8 Å². The van der Waals surface area contributed by atoms with E-state index in [1.165, 1.54) is 12.1 Å². The molecule has 0 N–H and O–H groups in total. The first-order chi connectivity index (χ1) is 12.6. The molecule has 26 heavy (non-hydrogen) atoms. The van der Waals surface area contributed by atoms with E-state index in [9.17, 15) is 9.18 Å². The van der Waals surface area contributed by atoms with Crippen molar-refractivity contribution in [3.05, 3.63) is 77.0 Å². The van der Waals surface area contributed by atoms with Crippen molar-refractivity contribution in [1.29, 1.82) is 0 Å². The molecule has 0 spiro atoms. The van der Waals surface area contributed by atoms with Gasteiger partial charge in [-0.1, -0.05) is 6.07 Å². The van der Waals surface area contributed by atoms with Crippen molar-refractivity contribution < 1.29 is 9.18 Å². The molecule has 0 fully saturated rings. The number of aryl methyl sites for hydroxylation is 1. The first kappa shape index (κ1) is 16.3. The molecular weight excluding hydrogens is 331 g/mol. The fourth-order valence-electron chi connectivity index (χ4n) is 3.07. The van der Waals surface area contributed by atoms with Crippen LogP contribution in [-0.2, 0) is 13.0 Å². The third-order valence-corrected chi connectivity index (χ3v) is 4.52. The third-order valence-electron chi connectivity index (χ3n) is 4.52. The number of hydrogen-bond acceptors (Lipinski definition) is 4. The van der Waals surface area contributed by atoms with E-state index in [-0.39, 0.29) is 11.7 Å². The monoisotopic (exact) mass is 348 g/mol. The molecule has 2 aromatic heterocycles. The van der Waals surface area contributed by atoms with Crippen LogP contribution in [0.1, 0.15) is 27.2 Å². The summed E-state index contributed by atoms with van der Waals surface area (Å²) in [5.74, 6) is 0.187. The van der Waals surface area contributed by atoms with Crippen molar-refractivity contribution in [2.45, 2.75) is 19.9 Å². The molecule has 0 bridgehead atoms. The quantitative estimate of drug-likeness (QED) is 0.714. The SMILES string of the molecule is Cc1cc(C(=O)N2CCc3nc(-c4ccccn4)ncc3C2)ccc1F. The van der Waals surface area contributed by atoms with Gasteiger partial charge in [-0.15, -0.1) is 0 Å². The zero-order chi connectivity index (χ0) is 18.1. The van der Waals surface area contributed by atoms with Crippen LogP contribution in [-0.4, -0.2) is 32.3 Å². The number of amides is 1. The Hall–Kier alpha value is -3.15. The number of nitrogens with zero attached hydrogens (tertiary/aromatic N) is 4. The van der Waals surface area contributed by atoms with E-state index in [2.05, 4.69) is 15.0 Å². The second-order valence-electron chi connectivity index (χ2n) is 6.32. The first-order valence-corrected chi connectivity index (χ1v) is 8.43. The Labute approximate surface area is 150 Å². The van der Waals surface area contributed by atoms with Crippen LogP contribution in [0.2, 0.25) is 0 Å². The summed E-state index contributed by atoms with van der Waals surface area (Å²) in [6.07, 6.45) is 4.13. The summed E-state index contributed by atoms with van der Waals surface area (Å²) in [4.78, 5) is 27.7. The average Bonchev–Trinajstić information content (AvgIpc) is 2.69. The van der Waals surface area contributed by atoms with Gasteiger partial charge in [-0.25, -0.2) is 14.4 Å². The number of fused-ring (bicyclic) bond motifs is 1. The van der Waals surface area contributed by atoms with Crippen molar-refractivity contribution in [2.75, 3.05) is 6.54 Å². The molecular formula is C20H17FN4O. The highest BCUT2D eigenvalue weighted by atomic mass is 19.1. The minimum Gasteiger partial charge on any atom is -0.334 e. The molecule has 4 rings (SSSR count). The molecule has 1 aliphatic rings. The van der Waals surface area contributed by atoms with E-state index in [1.807, 2.05) is 18.2 Å². The second kappa shape index (κ2) is 6.63. The van der Waals surface area contributed by atoms with Crippen molar-refractivity contribution in [1.82, 2.24) is 19.9 Å². The Morgan fingerprint density at radius 3 is 2.85 bits per heavy atom. The maximum absolute atomic E-state index is 13.4. The van der Waals surface area contributed by atoms with Crippen LogP contribution >= 0.6 is 0 Å². The summed E-state index contributed by atoms with van der Waals surface area (Å²) in [5.41, 5.74) is 3.58. The van der Waals surface area contributed by atoms with Crippen molar-refractivity contribution in [3.63, 3.8) is 0 Å². The molecule has 0 atom stereocenters. The predicted molar refractivity (Wildman–Crippen MR) is 94.8 cm³/mol. The van der Waals surface area contributed by atoms with Crippen molar-refractivity contribution in [2.24, 2.45) is 0 Å². The summed E-state index contributed by atoms with van der Waals surface area (Å²) in [5, 5.41) is 0. The molecule has 0 radical (unpaired) electrons. The Balaban J connectivity index is 1.56. The van der Waals surface area contributed by atoms with Crippen LogP contribution in [0.3, 0.4) is 0 Å². The standard InChI is InChI=1S/C20H17FN4O/c1-13-10-14(5-6-16(13)21)20(26)25-9-7-17-15(12-25)11-23-19(24-17)18-4-2-3-8-22-18/h2-6,8,10-11H,7,9,12H2,1H3. The first-order valence-electron chi connectivity index (χ1n) is 8.43. The molecule has 0 aliphatic carbocycles. The van der Waals surface area contributed by atoms with E-state index in [0.717, 1.165) is 17.0 Å². The summed E-state index contributed by atoms with van der Waals surface area (Å²) < 4.78 is 13.4. The molecule has 1 amide bonds. The maximum atomic E-state index is 13.4. The lowest BCUT2D eigenvalue weighted by atomic mass is 10.0. The van der Waals surface area contributed by atoms with Gasteiger partial charge in [0.2, 0.25) is 0 Å². The summed E-state index contributed by atoms with van der Waals surface area (Å²) >= 11 is 0. The number of carbonyl (C=O) groups excluding carboxylic acids is 1. The largest absolute Gasteiger partial charge is 0.334 e. The van der Waals surface area contributed by atoms with E-state index < -0.39 is 0 Å². The molecule has 3 aromatic rings. The number of pyridine rings is 1. The smallest absolute Gasteiger partial charge is 0.254 e. The van der Waals surface area contributed by atoms with E-state index in [0.29, 0.717) is 36.5 Å². The Morgan fingerprint density at radius 1 is 1.19 bits per heavy atom. The van der Waals surface area contributed by atoms with Crippen LogP contribution in [0, 0.1) is 12.7 Å². The minimum absolute atomic E-state index is 0.104. The lowest BCUT2D eigenvalue weighted by Gasteiger charge is -2.28. The molecule has 5 nitrogen and oxygen atoms in total. The molecule has 6 heteroatoms. The van der Waals surface area contributed by atoms with Gasteiger partial charge >= 0.3 is 0 Å². The fraction of sp³-hybridized carbons (Fsp3) is 0.200. The molecule has 130 valence electrons. The second-order valence-corrected chi connectivity index (χ2v) is 6.32. The molecule has 3 heterocycles. The third kappa shape index (κ3) is 3.06. The van der Waals surface area contributed by atoms with Gasteiger partial charge in [0, 0.05) is 43.0 Å². The highest BCUT2D eigenvalue weighted by Gasteiger charge is 2.24. The van der Waals surface area contributed by atoms with E-state index in [4.69, 9.17) is 0 Å². The molecule has 1 aromatic carbocycles. The van der Waals surface area contributed by atoms with E-state index >= 15 is 0 Å². The van der Waals surface area contributed by atoms with Crippen molar-refractivity contribution >= 4 is 5.91 Å². The normalized spacial score (nSPS) is 13.4. The summed E-state index contributed by atoms with van der Waals surface area (Å²) in [7, 11) is 0. The van der Waals surface area contributed by atoms with Crippen LogP contribution < -0.4 is 0 Å². The van der Waals surface area contributed by atoms with Crippen LogP contribution in [0.25, 0.3) is 11.5 Å². The van der Waals surface area contributed by atoms with Gasteiger partial charge < -0.3 is 4.90 Å². The number of halogens is 1. The van der Waals surface area contributed by atoms with Crippen LogP contribution in [0.5, 0.6) is 0 Å². The van der Waals surface area contributed by atoms with Crippen LogP contribution in [0.4, 0.5) is 4.39 Å². The highest BCUT2D eigenvalue weighted by Crippen LogP contribution is 2.22. The van der Waals surface area contributed by atoms with Crippen molar-refractivity contribution in [3.8, 4) is 11.5 Å². The molecule has 0 saturated carbocycles. The lowest BCUT2D eigenvalue weighted by Crippen LogP contribution is -2.36. The molecule has 1 aliphatic heterocycles. The maximum Gasteiger partial charge on any atom is 0.254 e. The van der Waals surface area contributed by atoms with Gasteiger partial charge in [0.25, 0.3) is 5.91 Å². The number of carbonyl (C=O) groups is 1. The highest BCUT2D eigenvalue weighted by molar-refractivity contribution is 5.94. The predicted octanol–water partition coefficient (Wildman–Crippen LogP) is 3.18. The summed E-state index contributed by atoms with van der Waals surface area (Å²) in [6, 6.07) is 10.1. The Kier molecular flexibility index (Phi) is 4.16. The zero-order valence-electron chi connectivity index (χ0n) is 14.3. The van der Waals surface area contributed by atoms with E-state index in [1.54, 1.807) is 30.3 Å². The lowest BCUT2D eigenvalue weighted by molar-refractivity contribution is 0.0733. The topological polar surface area (TPSA) is 59.0 Å². The number of benzene rings is 1. The van der Waals surface area contributed by atoms with Gasteiger partial charge in [0.15, 0.2) is 5.82 Å². The van der Waals surface area contributed by atoms with Gasteiger partial charge in [0.1, 0.15) is 11.5 Å². The van der Waals surface area contributed by atoms with Gasteiger partial charge in [0.05, 0.1) is 5.69 Å². The number of aromatic nitrogens is 3. The zero-order valence-corrected chi connectivity index (χ0v) is 14.3. The van der Waals surface area contributed by atoms with Gasteiger partial charge in [-0.05, 0) is 42.8 Å². The minimum atomic E-state index is -0.305. The fourth-order valence-corrected chi connectivity index (χ4v) is 3.07. The number of rotatable bonds is 2. The average molecular weight is 348 g/mol. The van der Waals surface area contributed by atoms with Gasteiger partial charge in [-0.3, -0.25) is 9.78 Å². The summed E-state index contributed by atoms with van der Waals surface area (Å²) in [6.45, 7) is 2.68. The Morgan fingerprint density at radius 2 is 2.08 bits per heavy atom.